The van der Waals surface area contributed by atoms with Gasteiger partial charge in [-0.05, 0) is 30.2 Å². The minimum absolute atomic E-state index is 0.188. The molecule has 2 aromatic rings. The van der Waals surface area contributed by atoms with Crippen LogP contribution in [0.3, 0.4) is 0 Å². The fraction of sp³-hybridized carbons (Fsp3) is 0.263. The molecule has 0 aromatic heterocycles. The lowest BCUT2D eigenvalue weighted by molar-refractivity contribution is -0.119. The fourth-order valence-electron chi connectivity index (χ4n) is 2.59. The Bertz CT molecular complexity index is 751. The number of rotatable bonds is 4. The van der Waals surface area contributed by atoms with Crippen LogP contribution in [0, 0.1) is 6.92 Å². The van der Waals surface area contributed by atoms with E-state index in [9.17, 15) is 9.59 Å². The number of hydrogen-bond donors (Lipinski definition) is 1. The lowest BCUT2D eigenvalue weighted by Crippen LogP contribution is -2.44. The van der Waals surface area contributed by atoms with E-state index in [1.165, 1.54) is 4.90 Å². The average Bonchev–Trinajstić information content (AvgIpc) is 3.10. The predicted octanol–water partition coefficient (Wildman–Crippen LogP) is 3.65. The van der Waals surface area contributed by atoms with E-state index in [1.54, 1.807) is 11.8 Å². The average molecular weight is 356 g/mol. The quantitative estimate of drug-likeness (QED) is 0.908. The molecular weight excluding hydrogens is 336 g/mol. The van der Waals surface area contributed by atoms with E-state index in [2.05, 4.69) is 5.32 Å². The lowest BCUT2D eigenvalue weighted by Gasteiger charge is -2.22. The van der Waals surface area contributed by atoms with Crippen molar-refractivity contribution in [2.45, 2.75) is 19.6 Å². The Morgan fingerprint density at radius 2 is 2.00 bits per heavy atom. The van der Waals surface area contributed by atoms with Crippen molar-refractivity contribution in [2.75, 3.05) is 16.9 Å². The summed E-state index contributed by atoms with van der Waals surface area (Å²) in [5, 5.41) is 2.88. The molecule has 25 heavy (non-hydrogen) atoms. The molecule has 0 radical (unpaired) electrons. The third-order valence-electron chi connectivity index (χ3n) is 3.91. The first-order valence-electron chi connectivity index (χ1n) is 8.06. The number of carbonyl (C=O) groups excluding carboxylic acids is 2. The number of benzene rings is 2. The zero-order valence-electron chi connectivity index (χ0n) is 14.0. The SMILES string of the molecule is Cc1cccc(NC(=O)C2CSCN2C(=O)OCc2ccccc2)c1. The summed E-state index contributed by atoms with van der Waals surface area (Å²) >= 11 is 1.55. The Balaban J connectivity index is 1.59. The summed E-state index contributed by atoms with van der Waals surface area (Å²) in [6, 6.07) is 16.6. The van der Waals surface area contributed by atoms with Crippen LogP contribution in [-0.4, -0.2) is 34.6 Å². The standard InChI is InChI=1S/C19H20N2O3S/c1-14-6-5-9-16(10-14)20-18(22)17-12-25-13-21(17)19(23)24-11-15-7-3-2-4-8-15/h2-10,17H,11-13H2,1H3,(H,20,22). The molecule has 1 aliphatic rings. The van der Waals surface area contributed by atoms with Crippen molar-refractivity contribution in [3.63, 3.8) is 0 Å². The first-order valence-corrected chi connectivity index (χ1v) is 9.21. The smallest absolute Gasteiger partial charge is 0.411 e. The van der Waals surface area contributed by atoms with Crippen molar-refractivity contribution in [1.82, 2.24) is 4.90 Å². The van der Waals surface area contributed by atoms with Crippen LogP contribution in [0.4, 0.5) is 10.5 Å². The Kier molecular flexibility index (Phi) is 5.60. The van der Waals surface area contributed by atoms with E-state index in [0.29, 0.717) is 11.6 Å². The van der Waals surface area contributed by atoms with Crippen LogP contribution in [-0.2, 0) is 16.1 Å². The van der Waals surface area contributed by atoms with Gasteiger partial charge in [-0.15, -0.1) is 11.8 Å². The molecule has 2 aromatic carbocycles. The largest absolute Gasteiger partial charge is 0.445 e. The summed E-state index contributed by atoms with van der Waals surface area (Å²) in [4.78, 5) is 26.4. The molecule has 1 heterocycles. The van der Waals surface area contributed by atoms with Crippen LogP contribution >= 0.6 is 11.8 Å². The van der Waals surface area contributed by atoms with E-state index >= 15 is 0 Å². The van der Waals surface area contributed by atoms with Gasteiger partial charge >= 0.3 is 6.09 Å². The number of nitrogens with one attached hydrogen (secondary N) is 1. The molecule has 0 spiro atoms. The first-order chi connectivity index (χ1) is 12.1. The molecule has 0 bridgehead atoms. The first kappa shape index (κ1) is 17.4. The van der Waals surface area contributed by atoms with E-state index in [1.807, 2.05) is 61.5 Å². The Labute approximate surface area is 151 Å². The minimum Gasteiger partial charge on any atom is -0.445 e. The van der Waals surface area contributed by atoms with Crippen LogP contribution in [0.5, 0.6) is 0 Å². The van der Waals surface area contributed by atoms with Crippen LogP contribution in [0.2, 0.25) is 0 Å². The van der Waals surface area contributed by atoms with Gasteiger partial charge in [-0.1, -0.05) is 42.5 Å². The van der Waals surface area contributed by atoms with E-state index < -0.39 is 12.1 Å². The molecule has 0 saturated carbocycles. The van der Waals surface area contributed by atoms with E-state index in [0.717, 1.165) is 16.8 Å². The zero-order valence-corrected chi connectivity index (χ0v) is 14.8. The number of thioether (sulfide) groups is 1. The number of amides is 2. The van der Waals surface area contributed by atoms with Crippen molar-refractivity contribution in [3.05, 3.63) is 65.7 Å². The Morgan fingerprint density at radius 3 is 2.76 bits per heavy atom. The molecule has 5 nitrogen and oxygen atoms in total. The highest BCUT2D eigenvalue weighted by atomic mass is 32.2. The molecular formula is C19H20N2O3S. The fourth-order valence-corrected chi connectivity index (χ4v) is 3.73. The number of carbonyl (C=O) groups is 2. The highest BCUT2D eigenvalue weighted by molar-refractivity contribution is 7.99. The van der Waals surface area contributed by atoms with Gasteiger partial charge in [0.1, 0.15) is 12.6 Å². The predicted molar refractivity (Wildman–Crippen MR) is 99.4 cm³/mol. The Hall–Kier alpha value is -2.47. The number of hydrogen-bond acceptors (Lipinski definition) is 4. The van der Waals surface area contributed by atoms with Gasteiger partial charge in [0.2, 0.25) is 5.91 Å². The van der Waals surface area contributed by atoms with Gasteiger partial charge in [0.15, 0.2) is 0 Å². The van der Waals surface area contributed by atoms with Gasteiger partial charge in [0.05, 0.1) is 5.88 Å². The van der Waals surface area contributed by atoms with Crippen molar-refractivity contribution in [1.29, 1.82) is 0 Å². The molecule has 1 saturated heterocycles. The van der Waals surface area contributed by atoms with Crippen LogP contribution in [0.15, 0.2) is 54.6 Å². The van der Waals surface area contributed by atoms with Gasteiger partial charge in [0, 0.05) is 11.4 Å². The number of ether oxygens (including phenoxy) is 1. The van der Waals surface area contributed by atoms with Crippen molar-refractivity contribution >= 4 is 29.4 Å². The monoisotopic (exact) mass is 356 g/mol. The van der Waals surface area contributed by atoms with Crippen LogP contribution < -0.4 is 5.32 Å². The summed E-state index contributed by atoms with van der Waals surface area (Å²) in [6.45, 7) is 2.17. The second-order valence-corrected chi connectivity index (χ2v) is 6.88. The summed E-state index contributed by atoms with van der Waals surface area (Å²) in [5.74, 6) is 0.838. The highest BCUT2D eigenvalue weighted by Gasteiger charge is 2.35. The van der Waals surface area contributed by atoms with Gasteiger partial charge in [-0.2, -0.15) is 0 Å². The maximum Gasteiger partial charge on any atom is 0.411 e. The molecule has 1 unspecified atom stereocenters. The third kappa shape index (κ3) is 4.54. The van der Waals surface area contributed by atoms with Gasteiger partial charge < -0.3 is 10.1 Å². The number of aryl methyl sites for hydroxylation is 1. The maximum absolute atomic E-state index is 12.5. The summed E-state index contributed by atoms with van der Waals surface area (Å²) < 4.78 is 5.36. The minimum atomic E-state index is -0.520. The number of nitrogens with zero attached hydrogens (tertiary/aromatic N) is 1. The van der Waals surface area contributed by atoms with Crippen molar-refractivity contribution in [3.8, 4) is 0 Å². The molecule has 1 atom stereocenters. The van der Waals surface area contributed by atoms with Crippen LogP contribution in [0.25, 0.3) is 0 Å². The summed E-state index contributed by atoms with van der Waals surface area (Å²) in [5.41, 5.74) is 2.72. The van der Waals surface area contributed by atoms with Gasteiger partial charge in [0.25, 0.3) is 0 Å². The summed E-state index contributed by atoms with van der Waals surface area (Å²) in [6.07, 6.45) is -0.460. The highest BCUT2D eigenvalue weighted by Crippen LogP contribution is 2.23. The van der Waals surface area contributed by atoms with Crippen molar-refractivity contribution in [2.24, 2.45) is 0 Å². The lowest BCUT2D eigenvalue weighted by atomic mass is 10.2. The van der Waals surface area contributed by atoms with Gasteiger partial charge in [-0.25, -0.2) is 4.79 Å². The van der Waals surface area contributed by atoms with Crippen LogP contribution in [0.1, 0.15) is 11.1 Å². The molecule has 130 valence electrons. The van der Waals surface area contributed by atoms with Gasteiger partial charge in [-0.3, -0.25) is 9.69 Å². The third-order valence-corrected chi connectivity index (χ3v) is 4.92. The molecule has 1 fully saturated rings. The molecule has 6 heteroatoms. The molecule has 1 N–H and O–H groups in total. The molecule has 2 amide bonds. The Morgan fingerprint density at radius 1 is 1.20 bits per heavy atom. The van der Waals surface area contributed by atoms with E-state index in [4.69, 9.17) is 4.74 Å². The zero-order chi connectivity index (χ0) is 17.6. The molecule has 3 rings (SSSR count). The number of anilines is 1. The normalized spacial score (nSPS) is 16.5. The van der Waals surface area contributed by atoms with E-state index in [-0.39, 0.29) is 12.5 Å². The second kappa shape index (κ2) is 8.07. The summed E-state index contributed by atoms with van der Waals surface area (Å²) in [7, 11) is 0. The molecule has 1 aliphatic heterocycles. The maximum atomic E-state index is 12.5. The molecule has 0 aliphatic carbocycles. The topological polar surface area (TPSA) is 58.6 Å². The van der Waals surface area contributed by atoms with Crippen molar-refractivity contribution < 1.29 is 14.3 Å². The second-order valence-electron chi connectivity index (χ2n) is 5.88.